The van der Waals surface area contributed by atoms with Crippen molar-refractivity contribution in [2.24, 2.45) is 7.05 Å². The minimum atomic E-state index is -0.113. The SMILES string of the molecule is C=C1NC(=O)C(c2cccc(NC3CCC(C)(C)OC3)c2)=C1c1cn(C)c2ccccc12. The fourth-order valence-electron chi connectivity index (χ4n) is 4.76. The normalized spacial score (nSPS) is 20.7. The first kappa shape index (κ1) is 20.6. The maximum Gasteiger partial charge on any atom is 0.256 e. The Hall–Kier alpha value is -3.31. The highest BCUT2D eigenvalue weighted by Gasteiger charge is 2.31. The van der Waals surface area contributed by atoms with E-state index in [0.717, 1.165) is 46.1 Å². The number of rotatable bonds is 4. The third kappa shape index (κ3) is 3.63. The molecule has 1 unspecified atom stereocenters. The van der Waals surface area contributed by atoms with E-state index in [1.54, 1.807) is 0 Å². The highest BCUT2D eigenvalue weighted by molar-refractivity contribution is 6.34. The van der Waals surface area contributed by atoms with Crippen LogP contribution >= 0.6 is 0 Å². The first-order valence-corrected chi connectivity index (χ1v) is 11.1. The van der Waals surface area contributed by atoms with Crippen molar-refractivity contribution >= 4 is 33.6 Å². The van der Waals surface area contributed by atoms with Crippen LogP contribution in [0.4, 0.5) is 5.69 Å². The number of para-hydroxylation sites is 1. The molecule has 1 fully saturated rings. The molecule has 164 valence electrons. The summed E-state index contributed by atoms with van der Waals surface area (Å²) in [4.78, 5) is 13.0. The monoisotopic (exact) mass is 427 g/mol. The van der Waals surface area contributed by atoms with E-state index in [-0.39, 0.29) is 17.6 Å². The third-order valence-corrected chi connectivity index (χ3v) is 6.50. The minimum Gasteiger partial charge on any atom is -0.380 e. The van der Waals surface area contributed by atoms with Gasteiger partial charge in [-0.05, 0) is 50.5 Å². The third-order valence-electron chi connectivity index (χ3n) is 6.50. The second-order valence-electron chi connectivity index (χ2n) is 9.38. The van der Waals surface area contributed by atoms with Crippen molar-refractivity contribution in [3.05, 3.63) is 78.1 Å². The van der Waals surface area contributed by atoms with Crippen LogP contribution in [0.1, 0.15) is 37.8 Å². The number of carbonyl (C=O) groups excluding carboxylic acids is 1. The zero-order valence-electron chi connectivity index (χ0n) is 18.9. The van der Waals surface area contributed by atoms with Gasteiger partial charge in [0.15, 0.2) is 0 Å². The standard InChI is InChI=1S/C27H29N3O2/c1-17-24(22-15-30(4)23-11-6-5-10-21(22)23)25(26(31)28-17)18-8-7-9-19(14-18)29-20-12-13-27(2,3)32-16-20/h5-11,14-15,20,29H,1,12-13,16H2,2-4H3,(H,28,31). The maximum absolute atomic E-state index is 13.0. The van der Waals surface area contributed by atoms with Gasteiger partial charge in [-0.25, -0.2) is 0 Å². The summed E-state index contributed by atoms with van der Waals surface area (Å²) in [7, 11) is 2.02. The molecule has 5 rings (SSSR count). The number of hydrogen-bond acceptors (Lipinski definition) is 3. The Morgan fingerprint density at radius 1 is 1.16 bits per heavy atom. The van der Waals surface area contributed by atoms with Crippen molar-refractivity contribution in [1.82, 2.24) is 9.88 Å². The first-order valence-electron chi connectivity index (χ1n) is 11.1. The van der Waals surface area contributed by atoms with Crippen molar-refractivity contribution < 1.29 is 9.53 Å². The van der Waals surface area contributed by atoms with E-state index in [1.165, 1.54) is 0 Å². The van der Waals surface area contributed by atoms with Gasteiger partial charge >= 0.3 is 0 Å². The van der Waals surface area contributed by atoms with Gasteiger partial charge in [-0.15, -0.1) is 0 Å². The van der Waals surface area contributed by atoms with Crippen LogP contribution in [-0.4, -0.2) is 28.7 Å². The molecule has 1 aromatic heterocycles. The molecule has 1 atom stereocenters. The lowest BCUT2D eigenvalue weighted by Gasteiger charge is -2.35. The number of fused-ring (bicyclic) bond motifs is 1. The lowest BCUT2D eigenvalue weighted by molar-refractivity contribution is -0.114. The molecule has 3 aromatic rings. The highest BCUT2D eigenvalue weighted by Crippen LogP contribution is 2.39. The number of ether oxygens (including phenoxy) is 1. The molecule has 5 nitrogen and oxygen atoms in total. The van der Waals surface area contributed by atoms with E-state index in [0.29, 0.717) is 17.9 Å². The molecule has 0 bridgehead atoms. The van der Waals surface area contributed by atoms with Gasteiger partial charge in [0.25, 0.3) is 5.91 Å². The van der Waals surface area contributed by atoms with E-state index in [9.17, 15) is 4.79 Å². The number of carbonyl (C=O) groups is 1. The molecule has 2 aliphatic heterocycles. The van der Waals surface area contributed by atoms with Gasteiger partial charge in [0.1, 0.15) is 0 Å². The summed E-state index contributed by atoms with van der Waals surface area (Å²) in [5.41, 5.74) is 6.13. The van der Waals surface area contributed by atoms with Crippen molar-refractivity contribution in [3.63, 3.8) is 0 Å². The molecule has 3 heterocycles. The number of allylic oxidation sites excluding steroid dienone is 1. The summed E-state index contributed by atoms with van der Waals surface area (Å²) < 4.78 is 8.07. The summed E-state index contributed by atoms with van der Waals surface area (Å²) in [5.74, 6) is -0.113. The van der Waals surface area contributed by atoms with Crippen LogP contribution in [0.5, 0.6) is 0 Å². The number of aromatic nitrogens is 1. The van der Waals surface area contributed by atoms with Crippen molar-refractivity contribution in [2.75, 3.05) is 11.9 Å². The van der Waals surface area contributed by atoms with E-state index in [4.69, 9.17) is 4.74 Å². The average Bonchev–Trinajstić information content (AvgIpc) is 3.25. The van der Waals surface area contributed by atoms with Crippen LogP contribution in [0, 0.1) is 0 Å². The number of aryl methyl sites for hydroxylation is 1. The molecular weight excluding hydrogens is 398 g/mol. The Morgan fingerprint density at radius 2 is 1.97 bits per heavy atom. The lowest BCUT2D eigenvalue weighted by atomic mass is 9.94. The van der Waals surface area contributed by atoms with Crippen molar-refractivity contribution in [2.45, 2.75) is 38.3 Å². The molecule has 2 aromatic carbocycles. The molecule has 32 heavy (non-hydrogen) atoms. The van der Waals surface area contributed by atoms with E-state index in [1.807, 2.05) is 37.4 Å². The predicted octanol–water partition coefficient (Wildman–Crippen LogP) is 5.10. The number of anilines is 1. The van der Waals surface area contributed by atoms with E-state index >= 15 is 0 Å². The van der Waals surface area contributed by atoms with Gasteiger partial charge < -0.3 is 19.9 Å². The number of hydrogen-bond donors (Lipinski definition) is 2. The fraction of sp³-hybridized carbons (Fsp3) is 0.296. The van der Waals surface area contributed by atoms with Crippen LogP contribution < -0.4 is 10.6 Å². The number of amides is 1. The smallest absolute Gasteiger partial charge is 0.256 e. The molecule has 0 aliphatic carbocycles. The molecule has 5 heteroatoms. The summed E-state index contributed by atoms with van der Waals surface area (Å²) >= 11 is 0. The van der Waals surface area contributed by atoms with Crippen LogP contribution in [0.15, 0.2) is 67.0 Å². The van der Waals surface area contributed by atoms with Gasteiger partial charge in [-0.2, -0.15) is 0 Å². The average molecular weight is 428 g/mol. The van der Waals surface area contributed by atoms with E-state index in [2.05, 4.69) is 60.0 Å². The molecule has 0 saturated carbocycles. The van der Waals surface area contributed by atoms with Gasteiger partial charge in [0, 0.05) is 52.7 Å². The summed E-state index contributed by atoms with van der Waals surface area (Å²) in [6.45, 7) is 9.10. The first-order chi connectivity index (χ1) is 15.3. The second kappa shape index (κ2) is 7.68. The van der Waals surface area contributed by atoms with Crippen molar-refractivity contribution in [1.29, 1.82) is 0 Å². The number of benzene rings is 2. The Kier molecular flexibility index (Phi) is 4.94. The molecule has 0 spiro atoms. The Labute approximate surface area is 188 Å². The van der Waals surface area contributed by atoms with Gasteiger partial charge in [-0.3, -0.25) is 4.79 Å². The zero-order valence-corrected chi connectivity index (χ0v) is 18.9. The van der Waals surface area contributed by atoms with Crippen LogP contribution in [0.2, 0.25) is 0 Å². The van der Waals surface area contributed by atoms with Gasteiger partial charge in [-0.1, -0.05) is 36.9 Å². The highest BCUT2D eigenvalue weighted by atomic mass is 16.5. The summed E-state index contributed by atoms with van der Waals surface area (Å²) in [6.07, 6.45) is 4.15. The molecule has 0 radical (unpaired) electrons. The van der Waals surface area contributed by atoms with Crippen LogP contribution in [-0.2, 0) is 16.6 Å². The largest absolute Gasteiger partial charge is 0.380 e. The summed E-state index contributed by atoms with van der Waals surface area (Å²) in [6, 6.07) is 16.6. The molecule has 1 saturated heterocycles. The zero-order chi connectivity index (χ0) is 22.5. The lowest BCUT2D eigenvalue weighted by Crippen LogP contribution is -2.39. The summed E-state index contributed by atoms with van der Waals surface area (Å²) in [5, 5.41) is 7.64. The second-order valence-corrected chi connectivity index (χ2v) is 9.38. The number of nitrogens with one attached hydrogen (secondary N) is 2. The van der Waals surface area contributed by atoms with Gasteiger partial charge in [0.05, 0.1) is 17.8 Å². The van der Waals surface area contributed by atoms with Crippen molar-refractivity contribution in [3.8, 4) is 0 Å². The number of nitrogens with zero attached hydrogens (tertiary/aromatic N) is 1. The Balaban J connectivity index is 1.53. The van der Waals surface area contributed by atoms with Gasteiger partial charge in [0.2, 0.25) is 0 Å². The molecule has 2 aliphatic rings. The predicted molar refractivity (Wildman–Crippen MR) is 130 cm³/mol. The Bertz CT molecular complexity index is 1250. The molecule has 1 amide bonds. The van der Waals surface area contributed by atoms with Crippen LogP contribution in [0.25, 0.3) is 22.0 Å². The minimum absolute atomic E-state index is 0.0551. The van der Waals surface area contributed by atoms with E-state index < -0.39 is 0 Å². The quantitative estimate of drug-likeness (QED) is 0.609. The fourth-order valence-corrected chi connectivity index (χ4v) is 4.76. The molecule has 2 N–H and O–H groups in total. The molecular formula is C27H29N3O2. The topological polar surface area (TPSA) is 55.3 Å². The van der Waals surface area contributed by atoms with Crippen LogP contribution in [0.3, 0.4) is 0 Å². The Morgan fingerprint density at radius 3 is 2.75 bits per heavy atom. The maximum atomic E-state index is 13.0.